The average Bonchev–Trinajstić information content (AvgIpc) is 2.25. The highest BCUT2D eigenvalue weighted by Gasteiger charge is 2.09. The Kier molecular flexibility index (Phi) is 9.52. The van der Waals surface area contributed by atoms with Crippen LogP contribution in [0.2, 0.25) is 0 Å². The molecule has 0 unspecified atom stereocenters. The highest BCUT2D eigenvalue weighted by molar-refractivity contribution is 5.76. The predicted molar refractivity (Wildman–Crippen MR) is 59.7 cm³/mol. The maximum Gasteiger partial charge on any atom is 0.222 e. The van der Waals surface area contributed by atoms with Crippen LogP contribution >= 0.6 is 0 Å². The van der Waals surface area contributed by atoms with Crippen molar-refractivity contribution in [2.75, 3.05) is 32.9 Å². The fraction of sp³-hybridized carbons (Fsp3) is 0.909. The Morgan fingerprint density at radius 3 is 2.60 bits per heavy atom. The summed E-state index contributed by atoms with van der Waals surface area (Å²) in [5, 5.41) is 8.68. The van der Waals surface area contributed by atoms with Crippen molar-refractivity contribution in [1.29, 1.82) is 0 Å². The van der Waals surface area contributed by atoms with E-state index in [2.05, 4.69) is 0 Å². The standard InChI is InChI=1S/C11H23NO3/c1-3-12(8-6-9-13)11(14)7-5-10-15-4-2/h13H,3-10H2,1-2H3. The van der Waals surface area contributed by atoms with Crippen LogP contribution in [0.4, 0.5) is 0 Å². The molecule has 0 aromatic rings. The van der Waals surface area contributed by atoms with Gasteiger partial charge in [0.25, 0.3) is 0 Å². The van der Waals surface area contributed by atoms with Crippen molar-refractivity contribution in [3.63, 3.8) is 0 Å². The third-order valence-electron chi connectivity index (χ3n) is 2.20. The second kappa shape index (κ2) is 9.93. The molecule has 0 bridgehead atoms. The van der Waals surface area contributed by atoms with E-state index in [9.17, 15) is 4.79 Å². The van der Waals surface area contributed by atoms with Crippen molar-refractivity contribution >= 4 is 5.91 Å². The van der Waals surface area contributed by atoms with Crippen molar-refractivity contribution in [3.05, 3.63) is 0 Å². The predicted octanol–water partition coefficient (Wildman–Crippen LogP) is 1.03. The number of nitrogens with zero attached hydrogens (tertiary/aromatic N) is 1. The molecule has 4 nitrogen and oxygen atoms in total. The van der Waals surface area contributed by atoms with Crippen LogP contribution in [-0.4, -0.2) is 48.8 Å². The summed E-state index contributed by atoms with van der Waals surface area (Å²) in [6, 6.07) is 0. The minimum atomic E-state index is 0.142. The Bertz CT molecular complexity index is 162. The number of aliphatic hydroxyl groups excluding tert-OH is 1. The third kappa shape index (κ3) is 7.33. The number of carbonyl (C=O) groups excluding carboxylic acids is 1. The molecule has 0 saturated heterocycles. The molecule has 0 rings (SSSR count). The first kappa shape index (κ1) is 14.4. The van der Waals surface area contributed by atoms with Gasteiger partial charge in [0.2, 0.25) is 5.91 Å². The van der Waals surface area contributed by atoms with Crippen LogP contribution in [0.15, 0.2) is 0 Å². The number of rotatable bonds is 9. The molecule has 0 heterocycles. The van der Waals surface area contributed by atoms with E-state index in [-0.39, 0.29) is 12.5 Å². The van der Waals surface area contributed by atoms with Gasteiger partial charge < -0.3 is 14.7 Å². The summed E-state index contributed by atoms with van der Waals surface area (Å²) >= 11 is 0. The Labute approximate surface area is 92.2 Å². The van der Waals surface area contributed by atoms with Gasteiger partial charge in [-0.25, -0.2) is 0 Å². The van der Waals surface area contributed by atoms with Gasteiger partial charge in [-0.05, 0) is 26.7 Å². The minimum absolute atomic E-state index is 0.142. The monoisotopic (exact) mass is 217 g/mol. The second-order valence-electron chi connectivity index (χ2n) is 3.35. The Morgan fingerprint density at radius 1 is 1.33 bits per heavy atom. The van der Waals surface area contributed by atoms with Crippen LogP contribution in [0, 0.1) is 0 Å². The van der Waals surface area contributed by atoms with Crippen LogP contribution < -0.4 is 0 Å². The van der Waals surface area contributed by atoms with Crippen molar-refractivity contribution in [2.24, 2.45) is 0 Å². The Morgan fingerprint density at radius 2 is 2.07 bits per heavy atom. The van der Waals surface area contributed by atoms with Gasteiger partial charge in [-0.1, -0.05) is 0 Å². The van der Waals surface area contributed by atoms with Crippen LogP contribution in [0.3, 0.4) is 0 Å². The lowest BCUT2D eigenvalue weighted by atomic mass is 10.2. The molecule has 0 radical (unpaired) electrons. The SMILES string of the molecule is CCOCCCC(=O)N(CC)CCCO. The highest BCUT2D eigenvalue weighted by Crippen LogP contribution is 1.99. The number of aliphatic hydroxyl groups is 1. The Balaban J connectivity index is 3.63. The summed E-state index contributed by atoms with van der Waals surface area (Å²) in [4.78, 5) is 13.4. The van der Waals surface area contributed by atoms with E-state index in [1.54, 1.807) is 4.90 Å². The number of amides is 1. The fourth-order valence-electron chi connectivity index (χ4n) is 1.35. The lowest BCUT2D eigenvalue weighted by Crippen LogP contribution is -2.32. The largest absolute Gasteiger partial charge is 0.396 e. The Hall–Kier alpha value is -0.610. The average molecular weight is 217 g/mol. The summed E-state index contributed by atoms with van der Waals surface area (Å²) in [6.45, 7) is 6.77. The van der Waals surface area contributed by atoms with Gasteiger partial charge in [0, 0.05) is 39.3 Å². The molecule has 0 spiro atoms. The van der Waals surface area contributed by atoms with Gasteiger partial charge in [0.15, 0.2) is 0 Å². The normalized spacial score (nSPS) is 10.3. The molecule has 1 amide bonds. The van der Waals surface area contributed by atoms with E-state index in [1.807, 2.05) is 13.8 Å². The molecule has 4 heteroatoms. The van der Waals surface area contributed by atoms with Gasteiger partial charge >= 0.3 is 0 Å². The van der Waals surface area contributed by atoms with E-state index < -0.39 is 0 Å². The first-order valence-corrected chi connectivity index (χ1v) is 5.72. The molecular weight excluding hydrogens is 194 g/mol. The van der Waals surface area contributed by atoms with Gasteiger partial charge in [-0.3, -0.25) is 4.79 Å². The van der Waals surface area contributed by atoms with Gasteiger partial charge in [-0.15, -0.1) is 0 Å². The van der Waals surface area contributed by atoms with E-state index in [1.165, 1.54) is 0 Å². The molecule has 0 atom stereocenters. The van der Waals surface area contributed by atoms with Crippen molar-refractivity contribution in [1.82, 2.24) is 4.90 Å². The van der Waals surface area contributed by atoms with Crippen LogP contribution in [0.1, 0.15) is 33.1 Å². The van der Waals surface area contributed by atoms with Crippen LogP contribution in [0.25, 0.3) is 0 Å². The summed E-state index contributed by atoms with van der Waals surface area (Å²) in [7, 11) is 0. The molecule has 15 heavy (non-hydrogen) atoms. The quantitative estimate of drug-likeness (QED) is 0.587. The van der Waals surface area contributed by atoms with E-state index in [0.29, 0.717) is 39.1 Å². The zero-order valence-electron chi connectivity index (χ0n) is 9.87. The number of carbonyl (C=O) groups is 1. The van der Waals surface area contributed by atoms with Crippen LogP contribution in [0.5, 0.6) is 0 Å². The molecule has 1 N–H and O–H groups in total. The lowest BCUT2D eigenvalue weighted by molar-refractivity contribution is -0.131. The highest BCUT2D eigenvalue weighted by atomic mass is 16.5. The minimum Gasteiger partial charge on any atom is -0.396 e. The molecule has 0 aliphatic rings. The van der Waals surface area contributed by atoms with Gasteiger partial charge in [0.05, 0.1) is 0 Å². The van der Waals surface area contributed by atoms with E-state index >= 15 is 0 Å². The first-order chi connectivity index (χ1) is 7.26. The molecule has 0 aromatic carbocycles. The third-order valence-corrected chi connectivity index (χ3v) is 2.20. The van der Waals surface area contributed by atoms with Crippen molar-refractivity contribution in [3.8, 4) is 0 Å². The summed E-state index contributed by atoms with van der Waals surface area (Å²) in [5.74, 6) is 0.158. The number of ether oxygens (including phenoxy) is 1. The maximum atomic E-state index is 11.6. The summed E-state index contributed by atoms with van der Waals surface area (Å²) < 4.78 is 5.17. The zero-order valence-corrected chi connectivity index (χ0v) is 9.87. The number of hydrogen-bond acceptors (Lipinski definition) is 3. The maximum absolute atomic E-state index is 11.6. The molecule has 0 aliphatic heterocycles. The second-order valence-corrected chi connectivity index (χ2v) is 3.35. The smallest absolute Gasteiger partial charge is 0.222 e. The molecule has 0 saturated carbocycles. The van der Waals surface area contributed by atoms with Gasteiger partial charge in [-0.2, -0.15) is 0 Å². The molecular formula is C11H23NO3. The topological polar surface area (TPSA) is 49.8 Å². The van der Waals surface area contributed by atoms with E-state index in [0.717, 1.165) is 6.42 Å². The van der Waals surface area contributed by atoms with Crippen molar-refractivity contribution < 1.29 is 14.6 Å². The molecule has 0 aromatic heterocycles. The summed E-state index contributed by atoms with van der Waals surface area (Å²) in [5.41, 5.74) is 0. The van der Waals surface area contributed by atoms with E-state index in [4.69, 9.17) is 9.84 Å². The first-order valence-electron chi connectivity index (χ1n) is 5.72. The number of hydrogen-bond donors (Lipinski definition) is 1. The molecule has 0 aliphatic carbocycles. The molecule has 90 valence electrons. The molecule has 0 fully saturated rings. The lowest BCUT2D eigenvalue weighted by Gasteiger charge is -2.20. The van der Waals surface area contributed by atoms with Crippen molar-refractivity contribution in [2.45, 2.75) is 33.1 Å². The summed E-state index contributed by atoms with van der Waals surface area (Å²) in [6.07, 6.45) is 1.98. The fourth-order valence-corrected chi connectivity index (χ4v) is 1.35. The van der Waals surface area contributed by atoms with Gasteiger partial charge in [0.1, 0.15) is 0 Å². The zero-order chi connectivity index (χ0) is 11.5. The van der Waals surface area contributed by atoms with Crippen LogP contribution in [-0.2, 0) is 9.53 Å².